The zero-order valence-corrected chi connectivity index (χ0v) is 12.0. The molecule has 0 saturated carbocycles. The monoisotopic (exact) mass is 310 g/mol. The van der Waals surface area contributed by atoms with Gasteiger partial charge in [-0.25, -0.2) is 0 Å². The zero-order valence-electron chi connectivity index (χ0n) is 10.4. The van der Waals surface area contributed by atoms with Crippen molar-refractivity contribution < 1.29 is 9.47 Å². The van der Waals surface area contributed by atoms with Crippen LogP contribution in [0.4, 0.5) is 0 Å². The normalized spacial score (nSPS) is 10.6. The van der Waals surface area contributed by atoms with Gasteiger partial charge in [0.05, 0.1) is 30.9 Å². The number of hydrogen-bond donors (Lipinski definition) is 0. The van der Waals surface area contributed by atoms with Crippen LogP contribution in [-0.2, 0) is 11.3 Å². The molecule has 1 heterocycles. The van der Waals surface area contributed by atoms with Crippen LogP contribution < -0.4 is 4.74 Å². The topological polar surface area (TPSA) is 36.3 Å². The molecular formula is C13H15BrN2O2. The van der Waals surface area contributed by atoms with Crippen molar-refractivity contribution in [3.63, 3.8) is 0 Å². The lowest BCUT2D eigenvalue weighted by Crippen LogP contribution is -2.03. The molecule has 2 aromatic rings. The molecule has 96 valence electrons. The third kappa shape index (κ3) is 2.73. The molecule has 0 N–H and O–H groups in total. The van der Waals surface area contributed by atoms with Crippen LogP contribution >= 0.6 is 15.9 Å². The lowest BCUT2D eigenvalue weighted by Gasteiger charge is -2.08. The third-order valence-corrected chi connectivity index (χ3v) is 3.26. The molecule has 4 nitrogen and oxygen atoms in total. The van der Waals surface area contributed by atoms with Gasteiger partial charge in [-0.05, 0) is 22.0 Å². The summed E-state index contributed by atoms with van der Waals surface area (Å²) >= 11 is 3.48. The van der Waals surface area contributed by atoms with Gasteiger partial charge in [0.25, 0.3) is 0 Å². The smallest absolute Gasteiger partial charge is 0.140 e. The van der Waals surface area contributed by atoms with Gasteiger partial charge in [0.15, 0.2) is 0 Å². The predicted octanol–water partition coefficient (Wildman–Crippen LogP) is 2.97. The Morgan fingerprint density at radius 3 is 2.89 bits per heavy atom. The van der Waals surface area contributed by atoms with Crippen LogP contribution in [0.15, 0.2) is 35.1 Å². The Labute approximate surface area is 115 Å². The number of rotatable bonds is 5. The van der Waals surface area contributed by atoms with Crippen molar-refractivity contribution in [3.8, 4) is 16.9 Å². The maximum atomic E-state index is 5.41. The van der Waals surface area contributed by atoms with Gasteiger partial charge < -0.3 is 9.47 Å². The Morgan fingerprint density at radius 2 is 2.17 bits per heavy atom. The van der Waals surface area contributed by atoms with Gasteiger partial charge in [-0.3, -0.25) is 4.68 Å². The SMILES string of the molecule is COCCn1cc(-c2cccc(Br)c2OC)cn1. The summed E-state index contributed by atoms with van der Waals surface area (Å²) in [5.41, 5.74) is 2.06. The molecule has 0 aliphatic heterocycles. The molecule has 0 radical (unpaired) electrons. The van der Waals surface area contributed by atoms with Gasteiger partial charge in [-0.1, -0.05) is 12.1 Å². The molecule has 0 unspecified atom stereocenters. The summed E-state index contributed by atoms with van der Waals surface area (Å²) in [5.74, 6) is 0.823. The first-order chi connectivity index (χ1) is 8.76. The second kappa shape index (κ2) is 6.02. The Morgan fingerprint density at radius 1 is 1.33 bits per heavy atom. The molecule has 0 fully saturated rings. The second-order valence-electron chi connectivity index (χ2n) is 3.81. The summed E-state index contributed by atoms with van der Waals surface area (Å²) in [5, 5.41) is 4.30. The highest BCUT2D eigenvalue weighted by Crippen LogP contribution is 2.35. The summed E-state index contributed by atoms with van der Waals surface area (Å²) in [7, 11) is 3.35. The molecule has 5 heteroatoms. The van der Waals surface area contributed by atoms with E-state index in [1.54, 1.807) is 14.2 Å². The number of halogens is 1. The molecule has 0 aliphatic carbocycles. The van der Waals surface area contributed by atoms with E-state index >= 15 is 0 Å². The Bertz CT molecular complexity index is 525. The van der Waals surface area contributed by atoms with Gasteiger partial charge >= 0.3 is 0 Å². The van der Waals surface area contributed by atoms with E-state index in [1.807, 2.05) is 35.3 Å². The molecule has 18 heavy (non-hydrogen) atoms. The first-order valence-corrected chi connectivity index (χ1v) is 6.40. The summed E-state index contributed by atoms with van der Waals surface area (Å²) in [6, 6.07) is 5.95. The molecule has 0 aliphatic rings. The minimum absolute atomic E-state index is 0.650. The van der Waals surface area contributed by atoms with Crippen LogP contribution in [0.1, 0.15) is 0 Å². The number of ether oxygens (including phenoxy) is 2. The lowest BCUT2D eigenvalue weighted by atomic mass is 10.1. The molecule has 0 bridgehead atoms. The van der Waals surface area contributed by atoms with E-state index in [-0.39, 0.29) is 0 Å². The zero-order chi connectivity index (χ0) is 13.0. The van der Waals surface area contributed by atoms with E-state index in [2.05, 4.69) is 21.0 Å². The van der Waals surface area contributed by atoms with Crippen LogP contribution in [0.3, 0.4) is 0 Å². The molecule has 0 amide bonds. The van der Waals surface area contributed by atoms with Crippen molar-refractivity contribution in [2.45, 2.75) is 6.54 Å². The van der Waals surface area contributed by atoms with Crippen molar-refractivity contribution in [2.75, 3.05) is 20.8 Å². The first kappa shape index (κ1) is 13.1. The number of benzene rings is 1. The summed E-state index contributed by atoms with van der Waals surface area (Å²) < 4.78 is 13.2. The van der Waals surface area contributed by atoms with Gasteiger partial charge in [-0.2, -0.15) is 5.10 Å². The highest BCUT2D eigenvalue weighted by molar-refractivity contribution is 9.10. The average Bonchev–Trinajstić information content (AvgIpc) is 2.84. The van der Waals surface area contributed by atoms with E-state index in [0.29, 0.717) is 6.61 Å². The molecule has 1 aromatic carbocycles. The summed E-state index contributed by atoms with van der Waals surface area (Å²) in [4.78, 5) is 0. The average molecular weight is 311 g/mol. The fourth-order valence-electron chi connectivity index (χ4n) is 1.75. The van der Waals surface area contributed by atoms with E-state index in [4.69, 9.17) is 9.47 Å². The molecular weight excluding hydrogens is 296 g/mol. The fourth-order valence-corrected chi connectivity index (χ4v) is 2.28. The van der Waals surface area contributed by atoms with E-state index in [0.717, 1.165) is 27.9 Å². The van der Waals surface area contributed by atoms with Gasteiger partial charge in [-0.15, -0.1) is 0 Å². The third-order valence-electron chi connectivity index (χ3n) is 2.64. The van der Waals surface area contributed by atoms with Crippen LogP contribution in [0, 0.1) is 0 Å². The molecule has 0 saturated heterocycles. The van der Waals surface area contributed by atoms with Gasteiger partial charge in [0, 0.05) is 24.4 Å². The van der Waals surface area contributed by atoms with Crippen LogP contribution in [0.25, 0.3) is 11.1 Å². The molecule has 2 rings (SSSR count). The van der Waals surface area contributed by atoms with E-state index in [9.17, 15) is 0 Å². The van der Waals surface area contributed by atoms with Crippen molar-refractivity contribution in [1.29, 1.82) is 0 Å². The fraction of sp³-hybridized carbons (Fsp3) is 0.308. The quantitative estimate of drug-likeness (QED) is 0.852. The molecule has 1 aromatic heterocycles. The van der Waals surface area contributed by atoms with E-state index < -0.39 is 0 Å². The van der Waals surface area contributed by atoms with E-state index in [1.165, 1.54) is 0 Å². The largest absolute Gasteiger partial charge is 0.495 e. The minimum Gasteiger partial charge on any atom is -0.495 e. The maximum Gasteiger partial charge on any atom is 0.140 e. The predicted molar refractivity (Wildman–Crippen MR) is 73.8 cm³/mol. The number of methoxy groups -OCH3 is 2. The number of hydrogen-bond acceptors (Lipinski definition) is 3. The van der Waals surface area contributed by atoms with Gasteiger partial charge in [0.1, 0.15) is 5.75 Å². The Balaban J connectivity index is 2.31. The minimum atomic E-state index is 0.650. The first-order valence-electron chi connectivity index (χ1n) is 5.60. The molecule has 0 atom stereocenters. The van der Waals surface area contributed by atoms with Crippen molar-refractivity contribution in [1.82, 2.24) is 9.78 Å². The van der Waals surface area contributed by atoms with Crippen LogP contribution in [0.2, 0.25) is 0 Å². The van der Waals surface area contributed by atoms with Crippen LogP contribution in [-0.4, -0.2) is 30.6 Å². The standard InChI is InChI=1S/C13H15BrN2O2/c1-17-7-6-16-9-10(8-15-16)11-4-3-5-12(14)13(11)18-2/h3-5,8-9H,6-7H2,1-2H3. The highest BCUT2D eigenvalue weighted by atomic mass is 79.9. The lowest BCUT2D eigenvalue weighted by molar-refractivity contribution is 0.183. The Hall–Kier alpha value is -1.33. The molecule has 0 spiro atoms. The van der Waals surface area contributed by atoms with Crippen molar-refractivity contribution >= 4 is 15.9 Å². The second-order valence-corrected chi connectivity index (χ2v) is 4.66. The highest BCUT2D eigenvalue weighted by Gasteiger charge is 2.10. The summed E-state index contributed by atoms with van der Waals surface area (Å²) in [6.07, 6.45) is 3.82. The van der Waals surface area contributed by atoms with Gasteiger partial charge in [0.2, 0.25) is 0 Å². The number of aromatic nitrogens is 2. The van der Waals surface area contributed by atoms with Crippen LogP contribution in [0.5, 0.6) is 5.75 Å². The maximum absolute atomic E-state index is 5.41. The Kier molecular flexibility index (Phi) is 4.38. The van der Waals surface area contributed by atoms with Crippen molar-refractivity contribution in [3.05, 3.63) is 35.1 Å². The van der Waals surface area contributed by atoms with Crippen molar-refractivity contribution in [2.24, 2.45) is 0 Å². The number of nitrogens with zero attached hydrogens (tertiary/aromatic N) is 2. The summed E-state index contributed by atoms with van der Waals surface area (Å²) in [6.45, 7) is 1.39. The number of para-hydroxylation sites is 1.